The summed E-state index contributed by atoms with van der Waals surface area (Å²) in [6.07, 6.45) is 4.06. The number of amides is 1. The van der Waals surface area contributed by atoms with Crippen LogP contribution in [0.2, 0.25) is 0 Å². The fourth-order valence-corrected chi connectivity index (χ4v) is 3.04. The highest BCUT2D eigenvalue weighted by Crippen LogP contribution is 2.22. The van der Waals surface area contributed by atoms with Gasteiger partial charge in [0.1, 0.15) is 0 Å². The van der Waals surface area contributed by atoms with E-state index in [-0.39, 0.29) is 5.91 Å². The number of carbonyl (C=O) groups excluding carboxylic acids is 1. The molecule has 0 spiro atoms. The van der Waals surface area contributed by atoms with E-state index in [4.69, 9.17) is 0 Å². The zero-order valence-electron chi connectivity index (χ0n) is 13.7. The van der Waals surface area contributed by atoms with Crippen LogP contribution in [-0.2, 0) is 18.3 Å². The summed E-state index contributed by atoms with van der Waals surface area (Å²) in [4.78, 5) is 21.9. The van der Waals surface area contributed by atoms with E-state index >= 15 is 0 Å². The Kier molecular flexibility index (Phi) is 3.34. The minimum absolute atomic E-state index is 0.0510. The standard InChI is InChI=1S/C19H18N4O/c1-22-12-21-17-10-14(7-8-18(17)22)23(2)19(24)9-13-11-20-16-6-4-3-5-15(13)16/h3-8,10-12,20H,9H2,1-2H3. The summed E-state index contributed by atoms with van der Waals surface area (Å²) in [5.74, 6) is 0.0510. The first kappa shape index (κ1) is 14.5. The average molecular weight is 318 g/mol. The summed E-state index contributed by atoms with van der Waals surface area (Å²) >= 11 is 0. The lowest BCUT2D eigenvalue weighted by atomic mass is 10.1. The summed E-state index contributed by atoms with van der Waals surface area (Å²) in [6.45, 7) is 0. The number of likely N-dealkylation sites (N-methyl/N-ethyl adjacent to an activating group) is 1. The van der Waals surface area contributed by atoms with Crippen molar-refractivity contribution in [3.8, 4) is 0 Å². The van der Waals surface area contributed by atoms with Crippen LogP contribution in [0.1, 0.15) is 5.56 Å². The predicted molar refractivity (Wildman–Crippen MR) is 96.1 cm³/mol. The van der Waals surface area contributed by atoms with Gasteiger partial charge in [0.2, 0.25) is 5.91 Å². The lowest BCUT2D eigenvalue weighted by Crippen LogP contribution is -2.27. The molecule has 0 unspecified atom stereocenters. The SMILES string of the molecule is CN(C(=O)Cc1c[nH]c2ccccc12)c1ccc2c(c1)ncn2C. The second-order valence-corrected chi connectivity index (χ2v) is 6.02. The van der Waals surface area contributed by atoms with Gasteiger partial charge in [0.05, 0.1) is 23.8 Å². The van der Waals surface area contributed by atoms with Gasteiger partial charge in [0.15, 0.2) is 0 Å². The number of rotatable bonds is 3. The number of para-hydroxylation sites is 1. The molecular weight excluding hydrogens is 300 g/mol. The van der Waals surface area contributed by atoms with Crippen LogP contribution in [0.25, 0.3) is 21.9 Å². The van der Waals surface area contributed by atoms with Crippen molar-refractivity contribution in [2.45, 2.75) is 6.42 Å². The molecule has 2 aromatic carbocycles. The Labute approximate surface area is 139 Å². The van der Waals surface area contributed by atoms with Gasteiger partial charge in [-0.1, -0.05) is 18.2 Å². The number of nitrogens with zero attached hydrogens (tertiary/aromatic N) is 3. The van der Waals surface area contributed by atoms with Crippen molar-refractivity contribution >= 4 is 33.5 Å². The van der Waals surface area contributed by atoms with Crippen LogP contribution >= 0.6 is 0 Å². The molecule has 0 aliphatic heterocycles. The molecule has 0 aliphatic carbocycles. The Morgan fingerprint density at radius 1 is 1.25 bits per heavy atom. The van der Waals surface area contributed by atoms with Gasteiger partial charge in [-0.3, -0.25) is 4.79 Å². The first-order valence-electron chi connectivity index (χ1n) is 7.86. The van der Waals surface area contributed by atoms with Gasteiger partial charge in [-0.05, 0) is 29.8 Å². The van der Waals surface area contributed by atoms with Crippen molar-refractivity contribution < 1.29 is 4.79 Å². The van der Waals surface area contributed by atoms with Crippen molar-refractivity contribution in [2.24, 2.45) is 7.05 Å². The molecule has 0 fully saturated rings. The van der Waals surface area contributed by atoms with E-state index in [2.05, 4.69) is 9.97 Å². The number of hydrogen-bond acceptors (Lipinski definition) is 2. The Morgan fingerprint density at radius 2 is 2.08 bits per heavy atom. The highest BCUT2D eigenvalue weighted by Gasteiger charge is 2.15. The quantitative estimate of drug-likeness (QED) is 0.630. The largest absolute Gasteiger partial charge is 0.361 e. The number of carbonyl (C=O) groups is 1. The Balaban J connectivity index is 1.60. The highest BCUT2D eigenvalue weighted by atomic mass is 16.2. The molecule has 2 aromatic heterocycles. The fraction of sp³-hybridized carbons (Fsp3) is 0.158. The van der Waals surface area contributed by atoms with Crippen LogP contribution in [0.4, 0.5) is 5.69 Å². The van der Waals surface area contributed by atoms with Gasteiger partial charge in [-0.25, -0.2) is 4.98 Å². The van der Waals surface area contributed by atoms with E-state index in [0.717, 1.165) is 33.2 Å². The second-order valence-electron chi connectivity index (χ2n) is 6.02. The molecule has 1 N–H and O–H groups in total. The predicted octanol–water partition coefficient (Wildman–Crippen LogP) is 3.26. The van der Waals surface area contributed by atoms with Gasteiger partial charge >= 0.3 is 0 Å². The third-order valence-corrected chi connectivity index (χ3v) is 4.49. The molecule has 0 bridgehead atoms. The number of imidazole rings is 1. The topological polar surface area (TPSA) is 53.9 Å². The molecule has 0 saturated heterocycles. The first-order chi connectivity index (χ1) is 11.6. The van der Waals surface area contributed by atoms with E-state index in [1.54, 1.807) is 18.3 Å². The van der Waals surface area contributed by atoms with E-state index in [0.29, 0.717) is 6.42 Å². The Bertz CT molecular complexity index is 1040. The molecule has 4 aromatic rings. The number of hydrogen-bond donors (Lipinski definition) is 1. The molecule has 0 saturated carbocycles. The number of fused-ring (bicyclic) bond motifs is 2. The summed E-state index contributed by atoms with van der Waals surface area (Å²) in [6, 6.07) is 13.9. The van der Waals surface area contributed by atoms with Crippen LogP contribution in [0.5, 0.6) is 0 Å². The monoisotopic (exact) mass is 318 g/mol. The van der Waals surface area contributed by atoms with Crippen LogP contribution < -0.4 is 4.90 Å². The van der Waals surface area contributed by atoms with Crippen molar-refractivity contribution in [1.29, 1.82) is 0 Å². The zero-order valence-corrected chi connectivity index (χ0v) is 13.7. The molecule has 0 atom stereocenters. The molecule has 4 rings (SSSR count). The van der Waals surface area contributed by atoms with Crippen LogP contribution in [0.15, 0.2) is 55.0 Å². The lowest BCUT2D eigenvalue weighted by Gasteiger charge is -2.17. The summed E-state index contributed by atoms with van der Waals surface area (Å²) < 4.78 is 1.97. The van der Waals surface area contributed by atoms with E-state index < -0.39 is 0 Å². The summed E-state index contributed by atoms with van der Waals surface area (Å²) in [7, 11) is 3.77. The van der Waals surface area contributed by atoms with Gasteiger partial charge in [0, 0.05) is 36.9 Å². The molecule has 24 heavy (non-hydrogen) atoms. The smallest absolute Gasteiger partial charge is 0.231 e. The van der Waals surface area contributed by atoms with Crippen molar-refractivity contribution in [3.05, 3.63) is 60.6 Å². The molecule has 1 amide bonds. The van der Waals surface area contributed by atoms with Gasteiger partial charge in [0.25, 0.3) is 0 Å². The summed E-state index contributed by atoms with van der Waals surface area (Å²) in [5, 5.41) is 1.10. The van der Waals surface area contributed by atoms with E-state index in [9.17, 15) is 4.79 Å². The molecule has 120 valence electrons. The van der Waals surface area contributed by atoms with Crippen molar-refractivity contribution in [3.63, 3.8) is 0 Å². The van der Waals surface area contributed by atoms with Crippen LogP contribution in [-0.4, -0.2) is 27.5 Å². The lowest BCUT2D eigenvalue weighted by molar-refractivity contribution is -0.117. The van der Waals surface area contributed by atoms with Gasteiger partial charge in [-0.2, -0.15) is 0 Å². The maximum absolute atomic E-state index is 12.7. The Morgan fingerprint density at radius 3 is 2.96 bits per heavy atom. The number of nitrogens with one attached hydrogen (secondary N) is 1. The number of aryl methyl sites for hydroxylation is 1. The summed E-state index contributed by atoms with van der Waals surface area (Å²) in [5.41, 5.74) is 4.86. The third-order valence-electron chi connectivity index (χ3n) is 4.49. The molecule has 0 radical (unpaired) electrons. The first-order valence-corrected chi connectivity index (χ1v) is 7.86. The normalized spacial score (nSPS) is 11.2. The minimum Gasteiger partial charge on any atom is -0.361 e. The van der Waals surface area contributed by atoms with Gasteiger partial charge < -0.3 is 14.5 Å². The number of H-pyrrole nitrogens is 1. The minimum atomic E-state index is 0.0510. The molecule has 5 nitrogen and oxygen atoms in total. The van der Waals surface area contributed by atoms with Crippen molar-refractivity contribution in [2.75, 3.05) is 11.9 Å². The number of aromatic amines is 1. The van der Waals surface area contributed by atoms with Crippen molar-refractivity contribution in [1.82, 2.24) is 14.5 Å². The van der Waals surface area contributed by atoms with E-state index in [1.165, 1.54) is 0 Å². The average Bonchev–Trinajstić information content (AvgIpc) is 3.18. The fourth-order valence-electron chi connectivity index (χ4n) is 3.04. The zero-order chi connectivity index (χ0) is 16.7. The number of aromatic nitrogens is 3. The Hall–Kier alpha value is -3.08. The maximum Gasteiger partial charge on any atom is 0.231 e. The molecule has 5 heteroatoms. The molecule has 2 heterocycles. The van der Waals surface area contributed by atoms with Gasteiger partial charge in [-0.15, -0.1) is 0 Å². The van der Waals surface area contributed by atoms with E-state index in [1.807, 2.05) is 60.3 Å². The molecular formula is C19H18N4O. The second kappa shape index (κ2) is 5.53. The molecule has 0 aliphatic rings. The number of benzene rings is 2. The number of anilines is 1. The van der Waals surface area contributed by atoms with Crippen LogP contribution in [0.3, 0.4) is 0 Å². The maximum atomic E-state index is 12.7. The third kappa shape index (κ3) is 2.34. The highest BCUT2D eigenvalue weighted by molar-refractivity contribution is 5.98. The van der Waals surface area contributed by atoms with Crippen LogP contribution in [0, 0.1) is 0 Å².